The third-order valence-corrected chi connectivity index (χ3v) is 8.77. The summed E-state index contributed by atoms with van der Waals surface area (Å²) in [4.78, 5) is 15.3. The maximum Gasteiger partial charge on any atom is 0.325 e. The van der Waals surface area contributed by atoms with E-state index in [2.05, 4.69) is 0 Å². The van der Waals surface area contributed by atoms with Crippen molar-refractivity contribution in [3.63, 3.8) is 0 Å². The van der Waals surface area contributed by atoms with Crippen LogP contribution in [0.4, 0.5) is 0 Å². The van der Waals surface area contributed by atoms with Crippen LogP contribution in [-0.4, -0.2) is 43.3 Å². The Bertz CT molecular complexity index is 1340. The zero-order chi connectivity index (χ0) is 24.0. The molecule has 0 bridgehead atoms. The van der Waals surface area contributed by atoms with Gasteiger partial charge in [-0.05, 0) is 54.3 Å². The lowest BCUT2D eigenvalue weighted by atomic mass is 9.96. The number of esters is 1. The first kappa shape index (κ1) is 23.1. The summed E-state index contributed by atoms with van der Waals surface area (Å²) >= 11 is 6.32. The molecule has 0 saturated carbocycles. The monoisotopic (exact) mass is 496 g/mol. The maximum absolute atomic E-state index is 14.2. The number of fused-ring (bicyclic) bond motifs is 3. The average molecular weight is 497 g/mol. The highest BCUT2D eigenvalue weighted by Crippen LogP contribution is 2.51. The van der Waals surface area contributed by atoms with Crippen molar-refractivity contribution in [1.82, 2.24) is 9.21 Å². The number of hydrogen-bond acceptors (Lipinski definition) is 5. The van der Waals surface area contributed by atoms with Crippen LogP contribution in [0, 0.1) is 6.92 Å². The van der Waals surface area contributed by atoms with Crippen LogP contribution in [0.2, 0.25) is 5.02 Å². The molecule has 34 heavy (non-hydrogen) atoms. The third-order valence-electron chi connectivity index (χ3n) is 6.69. The van der Waals surface area contributed by atoms with Gasteiger partial charge >= 0.3 is 5.97 Å². The first-order chi connectivity index (χ1) is 16.3. The Morgan fingerprint density at radius 3 is 2.47 bits per heavy atom. The molecule has 0 amide bonds. The first-order valence-electron chi connectivity index (χ1n) is 11.1. The molecule has 0 aliphatic carbocycles. The van der Waals surface area contributed by atoms with Crippen LogP contribution in [0.15, 0.2) is 77.7 Å². The molecule has 0 aromatic heterocycles. The van der Waals surface area contributed by atoms with Crippen LogP contribution in [0.5, 0.6) is 0 Å². The molecular weight excluding hydrogens is 472 g/mol. The van der Waals surface area contributed by atoms with Gasteiger partial charge in [0.15, 0.2) is 0 Å². The standard InChI is InChI=1S/C26H25ClN2O4S/c1-17-10-12-21(13-11-17)34(31,32)29-23(19-7-5-8-20(27)16-19)24(26(30)33-2)28-15-14-18-6-3-4-9-22(18)25(28)29/h3-13,16,23-25H,14-15H2,1-2H3/t23-,24+,25+/m0/s1. The number of ether oxygens (including phenoxy) is 1. The van der Waals surface area contributed by atoms with Crippen LogP contribution >= 0.6 is 11.6 Å². The third kappa shape index (κ3) is 3.73. The summed E-state index contributed by atoms with van der Waals surface area (Å²) < 4.78 is 35.2. The van der Waals surface area contributed by atoms with Gasteiger partial charge in [0.05, 0.1) is 18.0 Å². The first-order valence-corrected chi connectivity index (χ1v) is 12.9. The Hall–Kier alpha value is -2.71. The minimum atomic E-state index is -4.01. The fraction of sp³-hybridized carbons (Fsp3) is 0.269. The highest BCUT2D eigenvalue weighted by Gasteiger charge is 2.58. The zero-order valence-corrected chi connectivity index (χ0v) is 20.5. The van der Waals surface area contributed by atoms with Gasteiger partial charge in [0.2, 0.25) is 10.0 Å². The minimum absolute atomic E-state index is 0.179. The van der Waals surface area contributed by atoms with Crippen LogP contribution < -0.4 is 0 Å². The number of hydrogen-bond donors (Lipinski definition) is 0. The van der Waals surface area contributed by atoms with Gasteiger partial charge in [-0.25, -0.2) is 8.42 Å². The fourth-order valence-corrected chi connectivity index (χ4v) is 7.08. The number of methoxy groups -OCH3 is 1. The van der Waals surface area contributed by atoms with Crippen LogP contribution in [0.25, 0.3) is 0 Å². The molecule has 1 fully saturated rings. The predicted octanol–water partition coefficient (Wildman–Crippen LogP) is 4.49. The van der Waals surface area contributed by atoms with Gasteiger partial charge in [0.25, 0.3) is 0 Å². The second kappa shape index (κ2) is 8.82. The van der Waals surface area contributed by atoms with E-state index in [1.807, 2.05) is 42.2 Å². The van der Waals surface area contributed by atoms with E-state index in [-0.39, 0.29) is 4.90 Å². The predicted molar refractivity (Wildman–Crippen MR) is 130 cm³/mol. The van der Waals surface area contributed by atoms with Crippen LogP contribution in [-0.2, 0) is 26.0 Å². The van der Waals surface area contributed by atoms with Crippen molar-refractivity contribution in [2.45, 2.75) is 36.5 Å². The highest BCUT2D eigenvalue weighted by atomic mass is 35.5. The highest BCUT2D eigenvalue weighted by molar-refractivity contribution is 7.89. The molecule has 2 aliphatic heterocycles. The maximum atomic E-state index is 14.2. The number of rotatable bonds is 4. The molecule has 5 rings (SSSR count). The number of benzene rings is 3. The Morgan fingerprint density at radius 1 is 1.03 bits per heavy atom. The van der Waals surface area contributed by atoms with Crippen molar-refractivity contribution in [3.8, 4) is 0 Å². The van der Waals surface area contributed by atoms with Gasteiger partial charge in [0.1, 0.15) is 12.2 Å². The van der Waals surface area contributed by atoms with Crippen LogP contribution in [0.1, 0.15) is 34.5 Å². The smallest absolute Gasteiger partial charge is 0.325 e. The van der Waals surface area contributed by atoms with Crippen LogP contribution in [0.3, 0.4) is 0 Å². The van der Waals surface area contributed by atoms with Gasteiger partial charge in [-0.15, -0.1) is 0 Å². The van der Waals surface area contributed by atoms with E-state index >= 15 is 0 Å². The largest absolute Gasteiger partial charge is 0.468 e. The van der Waals surface area contributed by atoms with Gasteiger partial charge in [-0.3, -0.25) is 9.69 Å². The van der Waals surface area contributed by atoms with Gasteiger partial charge in [-0.1, -0.05) is 65.7 Å². The number of carbonyl (C=O) groups is 1. The second-order valence-corrected chi connectivity index (χ2v) is 11.0. The number of sulfonamides is 1. The average Bonchev–Trinajstić information content (AvgIpc) is 3.20. The summed E-state index contributed by atoms with van der Waals surface area (Å²) in [6, 6.07) is 20.0. The van der Waals surface area contributed by atoms with Crippen molar-refractivity contribution in [1.29, 1.82) is 0 Å². The summed E-state index contributed by atoms with van der Waals surface area (Å²) in [7, 11) is -2.68. The number of aryl methyl sites for hydroxylation is 1. The van der Waals surface area contributed by atoms with Crippen molar-refractivity contribution >= 4 is 27.6 Å². The van der Waals surface area contributed by atoms with E-state index in [0.29, 0.717) is 23.6 Å². The lowest BCUT2D eigenvalue weighted by Crippen LogP contribution is -2.43. The summed E-state index contributed by atoms with van der Waals surface area (Å²) in [6.07, 6.45) is 0.0604. The van der Waals surface area contributed by atoms with Crippen molar-refractivity contribution in [2.24, 2.45) is 0 Å². The lowest BCUT2D eigenvalue weighted by Gasteiger charge is -2.36. The van der Waals surface area contributed by atoms with Gasteiger partial charge in [0, 0.05) is 11.6 Å². The summed E-state index contributed by atoms with van der Waals surface area (Å²) in [5.74, 6) is -0.476. The molecule has 8 heteroatoms. The van der Waals surface area contributed by atoms with E-state index in [0.717, 1.165) is 16.7 Å². The molecule has 0 spiro atoms. The molecule has 3 aromatic rings. The van der Waals surface area contributed by atoms with E-state index < -0.39 is 34.2 Å². The Morgan fingerprint density at radius 2 is 1.76 bits per heavy atom. The lowest BCUT2D eigenvalue weighted by molar-refractivity contribution is -0.147. The van der Waals surface area contributed by atoms with Crippen molar-refractivity contribution < 1.29 is 17.9 Å². The molecule has 0 N–H and O–H groups in total. The topological polar surface area (TPSA) is 66.9 Å². The van der Waals surface area contributed by atoms with Gasteiger partial charge in [-0.2, -0.15) is 4.31 Å². The normalized spacial score (nSPS) is 22.7. The van der Waals surface area contributed by atoms with E-state index in [1.165, 1.54) is 11.4 Å². The summed E-state index contributed by atoms with van der Waals surface area (Å²) in [5.41, 5.74) is 3.56. The van der Waals surface area contributed by atoms with Crippen molar-refractivity contribution in [2.75, 3.05) is 13.7 Å². The SMILES string of the molecule is COC(=O)[C@H]1[C@H](c2cccc(Cl)c2)N(S(=O)(=O)c2ccc(C)cc2)[C@@H]2c3ccccc3CCN21. The molecular formula is C26H25ClN2O4S. The van der Waals surface area contributed by atoms with Gasteiger partial charge < -0.3 is 4.74 Å². The Labute approximate surface area is 204 Å². The van der Waals surface area contributed by atoms with E-state index in [1.54, 1.807) is 42.5 Å². The van der Waals surface area contributed by atoms with E-state index in [9.17, 15) is 13.2 Å². The van der Waals surface area contributed by atoms with E-state index in [4.69, 9.17) is 16.3 Å². The molecule has 3 atom stereocenters. The molecule has 3 aromatic carbocycles. The molecule has 0 radical (unpaired) electrons. The molecule has 0 unspecified atom stereocenters. The number of halogens is 1. The number of nitrogens with zero attached hydrogens (tertiary/aromatic N) is 2. The molecule has 1 saturated heterocycles. The summed E-state index contributed by atoms with van der Waals surface area (Å²) in [6.45, 7) is 2.44. The molecule has 6 nitrogen and oxygen atoms in total. The molecule has 2 aliphatic rings. The van der Waals surface area contributed by atoms with Crippen molar-refractivity contribution in [3.05, 3.63) is 100 Å². The quantitative estimate of drug-likeness (QED) is 0.498. The Balaban J connectivity index is 1.78. The fourth-order valence-electron chi connectivity index (χ4n) is 5.13. The summed E-state index contributed by atoms with van der Waals surface area (Å²) in [5, 5.41) is 0.471. The Kier molecular flexibility index (Phi) is 5.98. The zero-order valence-electron chi connectivity index (χ0n) is 18.9. The number of carbonyl (C=O) groups excluding carboxylic acids is 1. The molecule has 176 valence electrons. The minimum Gasteiger partial charge on any atom is -0.468 e. The second-order valence-electron chi connectivity index (χ2n) is 8.68. The molecule has 2 heterocycles.